The summed E-state index contributed by atoms with van der Waals surface area (Å²) < 4.78 is 97.3. The number of carbonyl (C=O) groups excluding carboxylic acids is 1. The van der Waals surface area contributed by atoms with E-state index in [4.69, 9.17) is 64.2 Å². The summed E-state index contributed by atoms with van der Waals surface area (Å²) in [5, 5.41) is 11.0. The van der Waals surface area contributed by atoms with Crippen LogP contribution >= 0.6 is 0 Å². The Bertz CT molecular complexity index is 2110. The molecule has 0 bridgehead atoms. The van der Waals surface area contributed by atoms with Gasteiger partial charge in [0.25, 0.3) is 5.91 Å². The molecule has 0 radical (unpaired) electrons. The van der Waals surface area contributed by atoms with Crippen molar-refractivity contribution in [3.63, 3.8) is 0 Å². The first kappa shape index (κ1) is 56.2. The molecular weight excluding hydrogens is 910 g/mol. The number of benzene rings is 2. The number of anilines is 2. The number of nitrogens with zero attached hydrogens (tertiary/aromatic N) is 4. The minimum Gasteiger partial charge on any atom is -0.490 e. The van der Waals surface area contributed by atoms with Gasteiger partial charge in [0.1, 0.15) is 12.4 Å². The third kappa shape index (κ3) is 23.6. The van der Waals surface area contributed by atoms with Gasteiger partial charge in [0.05, 0.1) is 149 Å². The Kier molecular flexibility index (Phi) is 27.0. The number of aromatic nitrogens is 3. The smallest absolute Gasteiger partial charge is 0.416 e. The van der Waals surface area contributed by atoms with Crippen LogP contribution in [0.4, 0.5) is 24.5 Å². The Balaban J connectivity index is 0.974. The fraction of sp³-hybridized carbons (Fsp3) is 0.511. The first-order valence-electron chi connectivity index (χ1n) is 22.5. The van der Waals surface area contributed by atoms with E-state index in [-0.39, 0.29) is 47.9 Å². The zero-order valence-corrected chi connectivity index (χ0v) is 39.1. The van der Waals surface area contributed by atoms with E-state index in [9.17, 15) is 18.0 Å². The Morgan fingerprint density at radius 2 is 1.26 bits per heavy atom. The average Bonchev–Trinajstić information content (AvgIpc) is 3.78. The summed E-state index contributed by atoms with van der Waals surface area (Å²) in [4.78, 5) is 25.7. The van der Waals surface area contributed by atoms with Gasteiger partial charge in [-0.1, -0.05) is 6.07 Å². The van der Waals surface area contributed by atoms with Gasteiger partial charge < -0.3 is 74.1 Å². The summed E-state index contributed by atoms with van der Waals surface area (Å²) in [7, 11) is 0. The molecule has 0 aliphatic heterocycles. The van der Waals surface area contributed by atoms with Crippen LogP contribution in [-0.4, -0.2) is 164 Å². The van der Waals surface area contributed by atoms with E-state index in [1.54, 1.807) is 43.9 Å². The second-order valence-electron chi connectivity index (χ2n) is 14.8. The van der Waals surface area contributed by atoms with Crippen molar-refractivity contribution in [3.05, 3.63) is 95.3 Å². The van der Waals surface area contributed by atoms with Gasteiger partial charge in [0, 0.05) is 65.5 Å². The Morgan fingerprint density at radius 1 is 0.725 bits per heavy atom. The van der Waals surface area contributed by atoms with Gasteiger partial charge in [-0.25, -0.2) is 4.98 Å². The highest BCUT2D eigenvalue weighted by atomic mass is 19.4. The number of hydrogen-bond acceptors (Lipinski definition) is 17. The Hall–Kier alpha value is -5.40. The molecule has 0 atom stereocenters. The number of aliphatic imine (C=N–C) groups is 1. The fourth-order valence-corrected chi connectivity index (χ4v) is 5.90. The molecule has 6 N–H and O–H groups in total. The first-order chi connectivity index (χ1) is 33.5. The van der Waals surface area contributed by atoms with Crippen LogP contribution in [-0.2, 0) is 55.4 Å². The lowest BCUT2D eigenvalue weighted by Crippen LogP contribution is -2.15. The van der Waals surface area contributed by atoms with Crippen molar-refractivity contribution in [2.75, 3.05) is 143 Å². The van der Waals surface area contributed by atoms with Gasteiger partial charge in [0.2, 0.25) is 0 Å². The maximum Gasteiger partial charge on any atom is 0.416 e. The second-order valence-corrected chi connectivity index (χ2v) is 14.8. The highest BCUT2D eigenvalue weighted by Crippen LogP contribution is 2.33. The van der Waals surface area contributed by atoms with Crippen molar-refractivity contribution in [2.45, 2.75) is 26.1 Å². The first-order valence-corrected chi connectivity index (χ1v) is 22.5. The lowest BCUT2D eigenvalue weighted by Gasteiger charge is -2.14. The van der Waals surface area contributed by atoms with Crippen LogP contribution in [0, 0.1) is 12.3 Å². The van der Waals surface area contributed by atoms with E-state index in [0.717, 1.165) is 12.1 Å². The minimum absolute atomic E-state index is 0.0424. The average molecular weight is 975 g/mol. The largest absolute Gasteiger partial charge is 0.490 e. The standard InChI is InChI=1S/C47H65F3N8O11/c1-36-34-58(35-56-36)42-29-40(47(48,49)50)28-41(30-42)57-46(59)37-2-3-38(45(53)27-37)31-54-6-4-44(52)39-26-43(33-55-32-39)69-25-24-68-23-22-67-21-20-66-19-18-65-17-16-64-15-14-63-13-12-62-11-10-61-9-8-60-7-5-51/h2-3,6,26-30,32-35,52H,4-5,7-25,31,51,53H2,1H3,(H,57,59). The molecular formula is C47H65F3N8O11. The summed E-state index contributed by atoms with van der Waals surface area (Å²) in [6.07, 6.45) is 3.25. The third-order valence-corrected chi connectivity index (χ3v) is 9.40. The molecule has 69 heavy (non-hydrogen) atoms. The number of halogens is 3. The van der Waals surface area contributed by atoms with E-state index < -0.39 is 17.6 Å². The van der Waals surface area contributed by atoms with E-state index in [0.29, 0.717) is 148 Å². The van der Waals surface area contributed by atoms with Crippen LogP contribution < -0.4 is 21.5 Å². The van der Waals surface area contributed by atoms with E-state index in [1.807, 2.05) is 0 Å². The second kappa shape index (κ2) is 33.2. The van der Waals surface area contributed by atoms with Crippen molar-refractivity contribution >= 4 is 29.2 Å². The van der Waals surface area contributed by atoms with Gasteiger partial charge >= 0.3 is 6.18 Å². The summed E-state index contributed by atoms with van der Waals surface area (Å²) >= 11 is 0. The van der Waals surface area contributed by atoms with Crippen molar-refractivity contribution in [2.24, 2.45) is 10.7 Å². The van der Waals surface area contributed by atoms with Gasteiger partial charge in [-0.15, -0.1) is 0 Å². The number of hydrogen-bond donors (Lipinski definition) is 4. The molecule has 22 heteroatoms. The predicted molar refractivity (Wildman–Crippen MR) is 252 cm³/mol. The molecule has 19 nitrogen and oxygen atoms in total. The molecule has 0 unspecified atom stereocenters. The minimum atomic E-state index is -4.64. The van der Waals surface area contributed by atoms with Crippen molar-refractivity contribution < 1.29 is 65.3 Å². The van der Waals surface area contributed by atoms with Crippen molar-refractivity contribution in [3.8, 4) is 11.4 Å². The number of aryl methyl sites for hydroxylation is 1. The molecule has 1 amide bonds. The number of nitrogens with two attached hydrogens (primary N) is 2. The number of pyridine rings is 1. The number of nitrogen functional groups attached to an aromatic ring is 1. The zero-order chi connectivity index (χ0) is 49.4. The molecule has 380 valence electrons. The SMILES string of the molecule is Cc1cn(-c2cc(NC(=O)c3ccc(CN=CCC(=N)c4cncc(OCCOCCOCCOCCOCCOCCOCCOCCOCCOCCN)c4)c(N)c3)cc(C(F)(F)F)c2)cn1. The quantitative estimate of drug-likeness (QED) is 0.0264. The molecule has 0 spiro atoms. The summed E-state index contributed by atoms with van der Waals surface area (Å²) in [6, 6.07) is 9.57. The van der Waals surface area contributed by atoms with Crippen LogP contribution in [0.1, 0.15) is 39.2 Å². The van der Waals surface area contributed by atoms with E-state index in [1.165, 1.54) is 29.1 Å². The lowest BCUT2D eigenvalue weighted by molar-refractivity contribution is -0.137. The maximum atomic E-state index is 13.7. The highest BCUT2D eigenvalue weighted by molar-refractivity contribution is 6.06. The zero-order valence-electron chi connectivity index (χ0n) is 39.1. The molecule has 4 rings (SSSR count). The van der Waals surface area contributed by atoms with Gasteiger partial charge in [-0.3, -0.25) is 14.8 Å². The third-order valence-electron chi connectivity index (χ3n) is 9.40. The molecule has 0 aliphatic rings. The predicted octanol–water partition coefficient (Wildman–Crippen LogP) is 4.94. The molecule has 0 aliphatic carbocycles. The molecule has 2 aromatic carbocycles. The molecule has 0 saturated heterocycles. The van der Waals surface area contributed by atoms with Crippen LogP contribution in [0.15, 0.2) is 72.4 Å². The highest BCUT2D eigenvalue weighted by Gasteiger charge is 2.31. The summed E-state index contributed by atoms with van der Waals surface area (Å²) in [5.74, 6) is -0.146. The normalized spacial score (nSPS) is 11.7. The Morgan fingerprint density at radius 3 is 1.75 bits per heavy atom. The summed E-state index contributed by atoms with van der Waals surface area (Å²) in [5.41, 5.74) is 13.3. The monoisotopic (exact) mass is 974 g/mol. The van der Waals surface area contributed by atoms with Gasteiger partial charge in [-0.2, -0.15) is 13.2 Å². The molecule has 0 saturated carbocycles. The number of nitrogens with one attached hydrogen (secondary N) is 2. The van der Waals surface area contributed by atoms with Crippen molar-refractivity contribution in [1.29, 1.82) is 5.41 Å². The van der Waals surface area contributed by atoms with Gasteiger partial charge in [-0.05, 0) is 48.9 Å². The molecule has 2 heterocycles. The van der Waals surface area contributed by atoms with Crippen LogP contribution in [0.3, 0.4) is 0 Å². The summed E-state index contributed by atoms with van der Waals surface area (Å²) in [6.45, 7) is 11.0. The number of carbonyl (C=O) groups is 1. The number of ether oxygens (including phenoxy) is 10. The number of imidazole rings is 1. The fourth-order valence-electron chi connectivity index (χ4n) is 5.90. The molecule has 2 aromatic heterocycles. The van der Waals surface area contributed by atoms with Crippen LogP contribution in [0.25, 0.3) is 5.69 Å². The van der Waals surface area contributed by atoms with Crippen LogP contribution in [0.5, 0.6) is 5.75 Å². The number of alkyl halides is 3. The van der Waals surface area contributed by atoms with Crippen molar-refractivity contribution in [1.82, 2.24) is 14.5 Å². The Labute approximate surface area is 400 Å². The molecule has 4 aromatic rings. The lowest BCUT2D eigenvalue weighted by atomic mass is 10.1. The van der Waals surface area contributed by atoms with E-state index in [2.05, 4.69) is 20.3 Å². The number of amides is 1. The molecule has 0 fully saturated rings. The number of rotatable bonds is 38. The maximum absolute atomic E-state index is 13.7. The van der Waals surface area contributed by atoms with E-state index >= 15 is 0 Å². The topological polar surface area (TPSA) is 240 Å². The van der Waals surface area contributed by atoms with Gasteiger partial charge in [0.15, 0.2) is 0 Å². The van der Waals surface area contributed by atoms with Crippen LogP contribution in [0.2, 0.25) is 0 Å².